The molecule has 1 N–H and O–H groups in total. The Hall–Kier alpha value is -3.23. The number of nitrogens with zero attached hydrogens (tertiary/aromatic N) is 1. The zero-order valence-corrected chi connectivity index (χ0v) is 21.9. The molecule has 35 heavy (non-hydrogen) atoms. The van der Waals surface area contributed by atoms with Gasteiger partial charge in [0, 0.05) is 11.1 Å². The minimum Gasteiger partial charge on any atom is -0.493 e. The molecule has 1 atom stereocenters. The van der Waals surface area contributed by atoms with E-state index in [0.29, 0.717) is 16.5 Å². The van der Waals surface area contributed by atoms with Crippen LogP contribution in [0.15, 0.2) is 65.6 Å². The van der Waals surface area contributed by atoms with Gasteiger partial charge >= 0.3 is 0 Å². The minimum absolute atomic E-state index is 0.0416. The molecule has 7 nitrogen and oxygen atoms in total. The van der Waals surface area contributed by atoms with Gasteiger partial charge in [0.2, 0.25) is 5.91 Å². The lowest BCUT2D eigenvalue weighted by Gasteiger charge is -2.25. The number of nitrogens with one attached hydrogen (secondary N) is 1. The quantitative estimate of drug-likeness (QED) is 0.430. The molecule has 3 rings (SSSR count). The molecule has 0 heterocycles. The monoisotopic (exact) mass is 516 g/mol. The predicted octanol–water partition coefficient (Wildman–Crippen LogP) is 5.05. The number of methoxy groups -OCH3 is 2. The predicted molar refractivity (Wildman–Crippen MR) is 138 cm³/mol. The Morgan fingerprint density at radius 2 is 1.60 bits per heavy atom. The molecule has 9 heteroatoms. The highest BCUT2D eigenvalue weighted by atomic mass is 35.5. The molecule has 0 aliphatic rings. The van der Waals surface area contributed by atoms with Crippen LogP contribution in [0.1, 0.15) is 29.7 Å². The zero-order chi connectivity index (χ0) is 25.8. The topological polar surface area (TPSA) is 84.9 Å². The number of ether oxygens (including phenoxy) is 2. The molecule has 0 bridgehead atoms. The first kappa shape index (κ1) is 26.4. The molecular formula is C26H29ClN2O5S. The normalized spacial score (nSPS) is 12.1. The third kappa shape index (κ3) is 6.07. The van der Waals surface area contributed by atoms with Crippen LogP contribution in [0, 0.1) is 13.8 Å². The molecule has 1 unspecified atom stereocenters. The van der Waals surface area contributed by atoms with E-state index >= 15 is 0 Å². The first-order valence-corrected chi connectivity index (χ1v) is 12.8. The van der Waals surface area contributed by atoms with Crippen LogP contribution in [0.25, 0.3) is 0 Å². The second-order valence-electron chi connectivity index (χ2n) is 8.14. The van der Waals surface area contributed by atoms with Crippen molar-refractivity contribution >= 4 is 33.2 Å². The van der Waals surface area contributed by atoms with E-state index in [-0.39, 0.29) is 16.7 Å². The third-order valence-electron chi connectivity index (χ3n) is 5.75. The van der Waals surface area contributed by atoms with Crippen molar-refractivity contribution in [2.24, 2.45) is 0 Å². The van der Waals surface area contributed by atoms with Gasteiger partial charge < -0.3 is 14.8 Å². The molecule has 0 aliphatic heterocycles. The standard InChI is InChI=1S/C26H29ClN2O5S/c1-17-6-7-20(14-18(17)2)19(3)28-26(30)16-29(22-10-8-21(27)9-11-22)35(31,32)23-12-13-24(33-4)25(15-23)34-5/h6-15,19H,16H2,1-5H3,(H,28,30). The minimum atomic E-state index is -4.14. The summed E-state index contributed by atoms with van der Waals surface area (Å²) in [5.41, 5.74) is 3.50. The van der Waals surface area contributed by atoms with E-state index in [4.69, 9.17) is 21.1 Å². The van der Waals surface area contributed by atoms with E-state index in [0.717, 1.165) is 21.0 Å². The van der Waals surface area contributed by atoms with E-state index in [9.17, 15) is 13.2 Å². The molecule has 0 aromatic heterocycles. The summed E-state index contributed by atoms with van der Waals surface area (Å²) in [6, 6.07) is 16.2. The van der Waals surface area contributed by atoms with Gasteiger partial charge in [-0.1, -0.05) is 29.8 Å². The number of carbonyl (C=O) groups excluding carboxylic acids is 1. The highest BCUT2D eigenvalue weighted by Crippen LogP contribution is 2.32. The fourth-order valence-electron chi connectivity index (χ4n) is 3.56. The van der Waals surface area contributed by atoms with Crippen molar-refractivity contribution in [2.45, 2.75) is 31.7 Å². The van der Waals surface area contributed by atoms with Crippen LogP contribution in [0.5, 0.6) is 11.5 Å². The Morgan fingerprint density at radius 1 is 0.943 bits per heavy atom. The number of hydrogen-bond acceptors (Lipinski definition) is 5. The van der Waals surface area contributed by atoms with Crippen LogP contribution in [-0.2, 0) is 14.8 Å². The number of anilines is 1. The molecule has 0 radical (unpaired) electrons. The van der Waals surface area contributed by atoms with Gasteiger partial charge in [-0.05, 0) is 73.9 Å². The summed E-state index contributed by atoms with van der Waals surface area (Å²) >= 11 is 6.01. The van der Waals surface area contributed by atoms with Gasteiger partial charge in [-0.2, -0.15) is 0 Å². The number of carbonyl (C=O) groups is 1. The average molecular weight is 517 g/mol. The van der Waals surface area contributed by atoms with Crippen molar-refractivity contribution in [2.75, 3.05) is 25.1 Å². The summed E-state index contributed by atoms with van der Waals surface area (Å²) in [7, 11) is -1.25. The van der Waals surface area contributed by atoms with Gasteiger partial charge in [-0.3, -0.25) is 9.10 Å². The summed E-state index contributed by atoms with van der Waals surface area (Å²) in [6.07, 6.45) is 0. The summed E-state index contributed by atoms with van der Waals surface area (Å²) in [5, 5.41) is 3.35. The van der Waals surface area contributed by atoms with E-state index < -0.39 is 22.5 Å². The maximum atomic E-state index is 13.7. The van der Waals surface area contributed by atoms with Crippen LogP contribution < -0.4 is 19.1 Å². The Kier molecular flexibility index (Phi) is 8.30. The number of benzene rings is 3. The second-order valence-corrected chi connectivity index (χ2v) is 10.4. The first-order valence-electron chi connectivity index (χ1n) is 10.9. The van der Waals surface area contributed by atoms with Gasteiger partial charge in [-0.25, -0.2) is 8.42 Å². The lowest BCUT2D eigenvalue weighted by Crippen LogP contribution is -2.41. The highest BCUT2D eigenvalue weighted by Gasteiger charge is 2.29. The van der Waals surface area contributed by atoms with E-state index in [1.165, 1.54) is 32.4 Å². The Morgan fingerprint density at radius 3 is 2.20 bits per heavy atom. The van der Waals surface area contributed by atoms with Crippen LogP contribution >= 0.6 is 11.6 Å². The van der Waals surface area contributed by atoms with Gasteiger partial charge in [0.05, 0.1) is 30.8 Å². The molecular weight excluding hydrogens is 488 g/mol. The fraction of sp³-hybridized carbons (Fsp3) is 0.269. The van der Waals surface area contributed by atoms with Crippen LogP contribution in [0.2, 0.25) is 5.02 Å². The number of sulfonamides is 1. The zero-order valence-electron chi connectivity index (χ0n) is 20.3. The van der Waals surface area contributed by atoms with Crippen LogP contribution in [0.3, 0.4) is 0 Å². The number of amides is 1. The van der Waals surface area contributed by atoms with Gasteiger partial charge in [-0.15, -0.1) is 0 Å². The number of halogens is 1. The smallest absolute Gasteiger partial charge is 0.264 e. The molecule has 0 saturated heterocycles. The van der Waals surface area contributed by atoms with Crippen molar-refractivity contribution in [3.63, 3.8) is 0 Å². The van der Waals surface area contributed by atoms with Crippen LogP contribution in [0.4, 0.5) is 5.69 Å². The van der Waals surface area contributed by atoms with E-state index in [1.54, 1.807) is 24.3 Å². The van der Waals surface area contributed by atoms with Crippen LogP contribution in [-0.4, -0.2) is 35.1 Å². The summed E-state index contributed by atoms with van der Waals surface area (Å²) in [5.74, 6) is 0.205. The van der Waals surface area contributed by atoms with Crippen molar-refractivity contribution in [3.8, 4) is 11.5 Å². The fourth-order valence-corrected chi connectivity index (χ4v) is 5.12. The van der Waals surface area contributed by atoms with Crippen molar-refractivity contribution in [3.05, 3.63) is 82.4 Å². The molecule has 0 fully saturated rings. The average Bonchev–Trinajstić information content (AvgIpc) is 2.84. The second kappa shape index (κ2) is 11.0. The number of aryl methyl sites for hydroxylation is 2. The van der Waals surface area contributed by atoms with E-state index in [1.807, 2.05) is 39.0 Å². The molecule has 0 saturated carbocycles. The van der Waals surface area contributed by atoms with E-state index in [2.05, 4.69) is 5.32 Å². The van der Waals surface area contributed by atoms with Gasteiger partial charge in [0.1, 0.15) is 6.54 Å². The number of rotatable bonds is 9. The molecule has 0 spiro atoms. The third-order valence-corrected chi connectivity index (χ3v) is 7.78. The molecule has 0 aliphatic carbocycles. The summed E-state index contributed by atoms with van der Waals surface area (Å²) in [6.45, 7) is 5.46. The lowest BCUT2D eigenvalue weighted by atomic mass is 10.0. The first-order chi connectivity index (χ1) is 16.6. The molecule has 3 aromatic carbocycles. The highest BCUT2D eigenvalue weighted by molar-refractivity contribution is 7.92. The van der Waals surface area contributed by atoms with Gasteiger partial charge in [0.25, 0.3) is 10.0 Å². The SMILES string of the molecule is COc1ccc(S(=O)(=O)N(CC(=O)NC(C)c2ccc(C)c(C)c2)c2ccc(Cl)cc2)cc1OC. The Labute approximate surface area is 211 Å². The van der Waals surface area contributed by atoms with Crippen molar-refractivity contribution < 1.29 is 22.7 Å². The Bertz CT molecular complexity index is 1310. The lowest BCUT2D eigenvalue weighted by molar-refractivity contribution is -0.120. The maximum Gasteiger partial charge on any atom is 0.264 e. The largest absolute Gasteiger partial charge is 0.493 e. The summed E-state index contributed by atoms with van der Waals surface area (Å²) in [4.78, 5) is 13.0. The van der Waals surface area contributed by atoms with Gasteiger partial charge in [0.15, 0.2) is 11.5 Å². The maximum absolute atomic E-state index is 13.7. The molecule has 186 valence electrons. The Balaban J connectivity index is 1.93. The van der Waals surface area contributed by atoms with Crippen molar-refractivity contribution in [1.29, 1.82) is 0 Å². The number of hydrogen-bond donors (Lipinski definition) is 1. The van der Waals surface area contributed by atoms with Crippen molar-refractivity contribution in [1.82, 2.24) is 5.32 Å². The summed E-state index contributed by atoms with van der Waals surface area (Å²) < 4.78 is 38.9. The molecule has 1 amide bonds. The molecule has 3 aromatic rings.